The number of nitrogens with zero attached hydrogens (tertiary/aromatic N) is 3. The van der Waals surface area contributed by atoms with Crippen LogP contribution in [0, 0.1) is 0 Å². The largest absolute Gasteiger partial charge is 0.387 e. The molecule has 2 aromatic heterocycles. The van der Waals surface area contributed by atoms with Crippen LogP contribution in [0.2, 0.25) is 0 Å². The Morgan fingerprint density at radius 2 is 2.28 bits per heavy atom. The molecule has 0 spiro atoms. The van der Waals surface area contributed by atoms with E-state index in [1.807, 2.05) is 0 Å². The number of aromatic nitrogens is 4. The molecule has 18 heavy (non-hydrogen) atoms. The molecule has 2 heterocycles. The Kier molecular flexibility index (Phi) is 3.53. The van der Waals surface area contributed by atoms with E-state index >= 15 is 0 Å². The molecule has 0 atom stereocenters. The molecule has 2 aromatic rings. The van der Waals surface area contributed by atoms with Crippen molar-refractivity contribution in [3.8, 4) is 0 Å². The zero-order chi connectivity index (χ0) is 13.0. The van der Waals surface area contributed by atoms with Gasteiger partial charge in [0.25, 0.3) is 0 Å². The molecule has 0 saturated carbocycles. The maximum absolute atomic E-state index is 12.1. The maximum Gasteiger partial charge on any atom is 0.244 e. The fraction of sp³-hybridized carbons (Fsp3) is 0.222. The van der Waals surface area contributed by atoms with Crippen molar-refractivity contribution < 1.29 is 8.42 Å². The molecule has 2 rings (SSSR count). The number of sulfonamides is 1. The van der Waals surface area contributed by atoms with Crippen molar-refractivity contribution in [2.24, 2.45) is 0 Å². The maximum atomic E-state index is 12.1. The second-order valence-corrected chi connectivity index (χ2v) is 5.11. The Labute approximate surface area is 104 Å². The van der Waals surface area contributed by atoms with E-state index in [1.54, 1.807) is 13.1 Å². The van der Waals surface area contributed by atoms with Gasteiger partial charge < -0.3 is 5.32 Å². The molecular formula is C9H12N6O2S. The molecule has 0 fully saturated rings. The van der Waals surface area contributed by atoms with E-state index in [0.29, 0.717) is 11.5 Å². The van der Waals surface area contributed by atoms with Crippen molar-refractivity contribution in [3.63, 3.8) is 0 Å². The van der Waals surface area contributed by atoms with Crippen molar-refractivity contribution in [2.75, 3.05) is 12.4 Å². The molecule has 96 valence electrons. The van der Waals surface area contributed by atoms with Crippen LogP contribution in [0.3, 0.4) is 0 Å². The molecule has 0 aliphatic carbocycles. The van der Waals surface area contributed by atoms with Crippen LogP contribution in [-0.4, -0.2) is 35.6 Å². The number of pyridine rings is 1. The molecule has 0 amide bonds. The number of rotatable bonds is 5. The quantitative estimate of drug-likeness (QED) is 0.687. The summed E-state index contributed by atoms with van der Waals surface area (Å²) in [4.78, 5) is 7.73. The van der Waals surface area contributed by atoms with Gasteiger partial charge in [-0.05, 0) is 6.07 Å². The summed E-state index contributed by atoms with van der Waals surface area (Å²) >= 11 is 0. The van der Waals surface area contributed by atoms with Gasteiger partial charge in [0.15, 0.2) is 0 Å². The SMILES string of the molecule is CNc1ccncc1S(=O)(=O)NCc1ncn[nH]1. The second kappa shape index (κ2) is 5.10. The lowest BCUT2D eigenvalue weighted by Crippen LogP contribution is -2.24. The summed E-state index contributed by atoms with van der Waals surface area (Å²) in [6, 6.07) is 1.59. The highest BCUT2D eigenvalue weighted by Gasteiger charge is 2.18. The topological polar surface area (TPSA) is 113 Å². The van der Waals surface area contributed by atoms with Crippen LogP contribution in [0.4, 0.5) is 5.69 Å². The Balaban J connectivity index is 2.20. The van der Waals surface area contributed by atoms with Gasteiger partial charge >= 0.3 is 0 Å². The third-order valence-corrected chi connectivity index (χ3v) is 3.67. The predicted molar refractivity (Wildman–Crippen MR) is 64.2 cm³/mol. The summed E-state index contributed by atoms with van der Waals surface area (Å²) in [6.07, 6.45) is 4.11. The van der Waals surface area contributed by atoms with Crippen LogP contribution in [0.5, 0.6) is 0 Å². The fourth-order valence-corrected chi connectivity index (χ4v) is 2.50. The van der Waals surface area contributed by atoms with Crippen LogP contribution in [0.25, 0.3) is 0 Å². The predicted octanol–water partition coefficient (Wildman–Crippen LogP) is -0.280. The Hall–Kier alpha value is -2.00. The van der Waals surface area contributed by atoms with Gasteiger partial charge in [0.2, 0.25) is 10.0 Å². The number of nitrogens with one attached hydrogen (secondary N) is 3. The zero-order valence-electron chi connectivity index (χ0n) is 9.58. The average Bonchev–Trinajstić information content (AvgIpc) is 2.89. The van der Waals surface area contributed by atoms with Crippen molar-refractivity contribution in [1.82, 2.24) is 24.9 Å². The minimum atomic E-state index is -3.64. The van der Waals surface area contributed by atoms with Crippen LogP contribution < -0.4 is 10.0 Å². The molecule has 9 heteroatoms. The third kappa shape index (κ3) is 2.63. The first kappa shape index (κ1) is 12.5. The van der Waals surface area contributed by atoms with E-state index in [0.717, 1.165) is 0 Å². The van der Waals surface area contributed by atoms with Crippen LogP contribution in [0.15, 0.2) is 29.7 Å². The lowest BCUT2D eigenvalue weighted by Gasteiger charge is -2.09. The lowest BCUT2D eigenvalue weighted by atomic mass is 10.4. The van der Waals surface area contributed by atoms with Gasteiger partial charge in [-0.3, -0.25) is 10.1 Å². The van der Waals surface area contributed by atoms with Gasteiger partial charge in [0.05, 0.1) is 12.2 Å². The van der Waals surface area contributed by atoms with E-state index in [2.05, 4.69) is 30.2 Å². The Morgan fingerprint density at radius 3 is 2.94 bits per heavy atom. The van der Waals surface area contributed by atoms with Crippen molar-refractivity contribution >= 4 is 15.7 Å². The third-order valence-electron chi connectivity index (χ3n) is 2.24. The molecule has 8 nitrogen and oxygen atoms in total. The molecule has 0 radical (unpaired) electrons. The molecule has 0 aliphatic rings. The summed E-state index contributed by atoms with van der Waals surface area (Å²) in [6.45, 7) is 0.0420. The second-order valence-electron chi connectivity index (χ2n) is 3.38. The zero-order valence-corrected chi connectivity index (χ0v) is 10.4. The van der Waals surface area contributed by atoms with E-state index in [-0.39, 0.29) is 11.4 Å². The Morgan fingerprint density at radius 1 is 1.44 bits per heavy atom. The molecule has 0 aliphatic heterocycles. The van der Waals surface area contributed by atoms with Gasteiger partial charge in [0.1, 0.15) is 17.0 Å². The molecule has 3 N–H and O–H groups in total. The van der Waals surface area contributed by atoms with E-state index < -0.39 is 10.0 Å². The number of aromatic amines is 1. The highest BCUT2D eigenvalue weighted by atomic mass is 32.2. The standard InChI is InChI=1S/C9H12N6O2S/c1-10-7-2-3-11-4-8(7)18(16,17)14-5-9-12-6-13-15-9/h2-4,6,14H,5H2,1H3,(H,10,11)(H,12,13,15). The monoisotopic (exact) mass is 268 g/mol. The minimum absolute atomic E-state index is 0.0420. The summed E-state index contributed by atoms with van der Waals surface area (Å²) in [5.74, 6) is 0.438. The van der Waals surface area contributed by atoms with E-state index in [9.17, 15) is 8.42 Å². The van der Waals surface area contributed by atoms with Gasteiger partial charge in [-0.15, -0.1) is 0 Å². The molecule has 0 unspecified atom stereocenters. The number of H-pyrrole nitrogens is 1. The highest BCUT2D eigenvalue weighted by Crippen LogP contribution is 2.18. The molecule has 0 saturated heterocycles. The highest BCUT2D eigenvalue weighted by molar-refractivity contribution is 7.89. The number of anilines is 1. The minimum Gasteiger partial charge on any atom is -0.387 e. The number of hydrogen-bond acceptors (Lipinski definition) is 6. The van der Waals surface area contributed by atoms with Crippen molar-refractivity contribution in [2.45, 2.75) is 11.4 Å². The first-order chi connectivity index (χ1) is 8.63. The smallest absolute Gasteiger partial charge is 0.244 e. The van der Waals surface area contributed by atoms with Gasteiger partial charge in [0, 0.05) is 19.4 Å². The van der Waals surface area contributed by atoms with Crippen molar-refractivity contribution in [1.29, 1.82) is 0 Å². The lowest BCUT2D eigenvalue weighted by molar-refractivity contribution is 0.579. The first-order valence-corrected chi connectivity index (χ1v) is 6.57. The van der Waals surface area contributed by atoms with Crippen molar-refractivity contribution in [3.05, 3.63) is 30.6 Å². The molecule has 0 aromatic carbocycles. The molecule has 0 bridgehead atoms. The van der Waals surface area contributed by atoms with Crippen LogP contribution in [0.1, 0.15) is 5.82 Å². The van der Waals surface area contributed by atoms with Crippen LogP contribution >= 0.6 is 0 Å². The van der Waals surface area contributed by atoms with E-state index in [1.165, 1.54) is 18.7 Å². The van der Waals surface area contributed by atoms with Gasteiger partial charge in [-0.2, -0.15) is 5.10 Å². The molecular weight excluding hydrogens is 256 g/mol. The average molecular weight is 268 g/mol. The van der Waals surface area contributed by atoms with Gasteiger partial charge in [-0.1, -0.05) is 0 Å². The fourth-order valence-electron chi connectivity index (χ4n) is 1.36. The first-order valence-electron chi connectivity index (χ1n) is 5.09. The van der Waals surface area contributed by atoms with E-state index in [4.69, 9.17) is 0 Å². The van der Waals surface area contributed by atoms with Crippen LogP contribution in [-0.2, 0) is 16.6 Å². The summed E-state index contributed by atoms with van der Waals surface area (Å²) in [5, 5.41) is 9.00. The summed E-state index contributed by atoms with van der Waals surface area (Å²) in [7, 11) is -2.00. The van der Waals surface area contributed by atoms with Gasteiger partial charge in [-0.25, -0.2) is 18.1 Å². The Bertz CT molecular complexity index is 610. The number of hydrogen-bond donors (Lipinski definition) is 3. The summed E-state index contributed by atoms with van der Waals surface area (Å²) < 4.78 is 26.5. The summed E-state index contributed by atoms with van der Waals surface area (Å²) in [5.41, 5.74) is 0.482. The normalized spacial score (nSPS) is 11.4.